The highest BCUT2D eigenvalue weighted by Crippen LogP contribution is 2.30. The van der Waals surface area contributed by atoms with E-state index in [4.69, 9.17) is 9.47 Å². The number of rotatable bonds is 7. The van der Waals surface area contributed by atoms with Gasteiger partial charge in [-0.05, 0) is 73.9 Å². The molecule has 0 spiro atoms. The molecule has 0 aromatic heterocycles. The number of benzene rings is 2. The smallest absolute Gasteiger partial charge is 0.261 e. The Balaban J connectivity index is 1.66. The van der Waals surface area contributed by atoms with E-state index in [-0.39, 0.29) is 11.9 Å². The lowest BCUT2D eigenvalue weighted by Crippen LogP contribution is -2.38. The largest absolute Gasteiger partial charge is 0.497 e. The topological polar surface area (TPSA) is 47.6 Å². The lowest BCUT2D eigenvalue weighted by Gasteiger charge is -2.24. The number of ether oxygens (including phenoxy) is 2. The van der Waals surface area contributed by atoms with E-state index in [0.29, 0.717) is 0 Å². The summed E-state index contributed by atoms with van der Waals surface area (Å²) >= 11 is 0. The Morgan fingerprint density at radius 3 is 2.56 bits per heavy atom. The summed E-state index contributed by atoms with van der Waals surface area (Å²) in [5.74, 6) is 1.57. The molecule has 4 nitrogen and oxygen atoms in total. The fraction of sp³-hybridized carbons (Fsp3) is 0.435. The van der Waals surface area contributed by atoms with Crippen LogP contribution in [-0.2, 0) is 17.6 Å². The highest BCUT2D eigenvalue weighted by molar-refractivity contribution is 5.81. The Morgan fingerprint density at radius 2 is 1.85 bits per heavy atom. The third-order valence-corrected chi connectivity index (χ3v) is 5.27. The van der Waals surface area contributed by atoms with Crippen LogP contribution in [0.3, 0.4) is 0 Å². The molecule has 0 heterocycles. The zero-order valence-corrected chi connectivity index (χ0v) is 16.5. The molecular formula is C23H29NO3. The van der Waals surface area contributed by atoms with Crippen LogP contribution in [0.25, 0.3) is 0 Å². The summed E-state index contributed by atoms with van der Waals surface area (Å²) in [6.07, 6.45) is 4.82. The summed E-state index contributed by atoms with van der Waals surface area (Å²) in [7, 11) is 1.65. The van der Waals surface area contributed by atoms with E-state index in [0.717, 1.165) is 36.3 Å². The van der Waals surface area contributed by atoms with Gasteiger partial charge in [0.25, 0.3) is 5.91 Å². The van der Waals surface area contributed by atoms with E-state index in [9.17, 15) is 4.79 Å². The van der Waals surface area contributed by atoms with E-state index in [1.807, 2.05) is 43.3 Å². The molecule has 4 heteroatoms. The number of nitrogens with one attached hydrogen (secondary N) is 1. The van der Waals surface area contributed by atoms with E-state index in [1.54, 1.807) is 7.11 Å². The number of hydrogen-bond acceptors (Lipinski definition) is 3. The van der Waals surface area contributed by atoms with Crippen molar-refractivity contribution in [1.29, 1.82) is 0 Å². The number of fused-ring (bicyclic) bond motifs is 1. The Labute approximate surface area is 161 Å². The van der Waals surface area contributed by atoms with Gasteiger partial charge in [-0.25, -0.2) is 0 Å². The predicted octanol–water partition coefficient (Wildman–Crippen LogP) is 4.61. The van der Waals surface area contributed by atoms with Crippen LogP contribution in [0.4, 0.5) is 0 Å². The van der Waals surface area contributed by atoms with Crippen LogP contribution in [0.2, 0.25) is 0 Å². The maximum absolute atomic E-state index is 12.7. The van der Waals surface area contributed by atoms with Crippen LogP contribution < -0.4 is 14.8 Å². The van der Waals surface area contributed by atoms with E-state index in [1.165, 1.54) is 24.0 Å². The van der Waals surface area contributed by atoms with Crippen molar-refractivity contribution in [3.8, 4) is 11.5 Å². The maximum atomic E-state index is 12.7. The second kappa shape index (κ2) is 8.94. The number of carbonyl (C=O) groups is 1. The molecule has 0 saturated heterocycles. The van der Waals surface area contributed by atoms with E-state index >= 15 is 0 Å². The number of hydrogen-bond donors (Lipinski definition) is 1. The van der Waals surface area contributed by atoms with Crippen LogP contribution in [-0.4, -0.2) is 19.1 Å². The van der Waals surface area contributed by atoms with Crippen molar-refractivity contribution < 1.29 is 14.3 Å². The third kappa shape index (κ3) is 4.62. The monoisotopic (exact) mass is 367 g/mol. The molecule has 144 valence electrons. The molecule has 0 bridgehead atoms. The fourth-order valence-corrected chi connectivity index (χ4v) is 3.65. The Bertz CT molecular complexity index is 770. The lowest BCUT2D eigenvalue weighted by atomic mass is 9.91. The molecule has 1 aliphatic carbocycles. The average Bonchev–Trinajstić information content (AvgIpc) is 2.72. The van der Waals surface area contributed by atoms with Gasteiger partial charge in [0.2, 0.25) is 0 Å². The summed E-state index contributed by atoms with van der Waals surface area (Å²) in [5, 5.41) is 3.12. The van der Waals surface area contributed by atoms with Crippen molar-refractivity contribution in [3.05, 3.63) is 59.2 Å². The molecule has 1 N–H and O–H groups in total. The minimum Gasteiger partial charge on any atom is -0.497 e. The molecule has 0 saturated carbocycles. The Hall–Kier alpha value is -2.49. The number of carbonyl (C=O) groups excluding carboxylic acids is 1. The minimum atomic E-state index is -0.536. The van der Waals surface area contributed by atoms with Crippen LogP contribution >= 0.6 is 0 Å². The first-order valence-electron chi connectivity index (χ1n) is 9.84. The van der Waals surface area contributed by atoms with Crippen molar-refractivity contribution in [2.75, 3.05) is 7.11 Å². The second-order valence-corrected chi connectivity index (χ2v) is 7.10. The van der Waals surface area contributed by atoms with Gasteiger partial charge < -0.3 is 14.8 Å². The molecule has 2 aromatic carbocycles. The lowest BCUT2D eigenvalue weighted by molar-refractivity contribution is -0.128. The maximum Gasteiger partial charge on any atom is 0.261 e. The number of amides is 1. The summed E-state index contributed by atoms with van der Waals surface area (Å²) in [6, 6.07) is 14.0. The molecule has 2 atom stereocenters. The highest BCUT2D eigenvalue weighted by atomic mass is 16.5. The summed E-state index contributed by atoms with van der Waals surface area (Å²) in [5.41, 5.74) is 3.69. The molecule has 2 aromatic rings. The average molecular weight is 367 g/mol. The van der Waals surface area contributed by atoms with Crippen LogP contribution in [0.5, 0.6) is 11.5 Å². The van der Waals surface area contributed by atoms with Gasteiger partial charge in [0.15, 0.2) is 6.10 Å². The van der Waals surface area contributed by atoms with Gasteiger partial charge in [-0.15, -0.1) is 0 Å². The van der Waals surface area contributed by atoms with Crippen LogP contribution in [0, 0.1) is 0 Å². The third-order valence-electron chi connectivity index (χ3n) is 5.27. The normalized spacial score (nSPS) is 15.4. The van der Waals surface area contributed by atoms with Gasteiger partial charge in [-0.3, -0.25) is 4.79 Å². The molecule has 1 amide bonds. The molecular weight excluding hydrogens is 338 g/mol. The highest BCUT2D eigenvalue weighted by Gasteiger charge is 2.22. The Morgan fingerprint density at radius 1 is 1.11 bits per heavy atom. The molecule has 0 aliphatic heterocycles. The first-order valence-corrected chi connectivity index (χ1v) is 9.84. The van der Waals surface area contributed by atoms with E-state index in [2.05, 4.69) is 18.3 Å². The zero-order chi connectivity index (χ0) is 19.2. The molecule has 1 aliphatic rings. The molecule has 0 unspecified atom stereocenters. The van der Waals surface area contributed by atoms with Gasteiger partial charge >= 0.3 is 0 Å². The quantitative estimate of drug-likeness (QED) is 0.777. The van der Waals surface area contributed by atoms with Gasteiger partial charge in [-0.1, -0.05) is 31.2 Å². The van der Waals surface area contributed by atoms with Crippen LogP contribution in [0.1, 0.15) is 55.8 Å². The molecule has 3 rings (SSSR count). The fourth-order valence-electron chi connectivity index (χ4n) is 3.65. The summed E-state index contributed by atoms with van der Waals surface area (Å²) in [4.78, 5) is 12.7. The van der Waals surface area contributed by atoms with Gasteiger partial charge in [-0.2, -0.15) is 0 Å². The number of methoxy groups -OCH3 is 1. The summed E-state index contributed by atoms with van der Waals surface area (Å²) in [6.45, 7) is 3.88. The van der Waals surface area contributed by atoms with Gasteiger partial charge in [0.05, 0.1) is 13.2 Å². The van der Waals surface area contributed by atoms with Crippen molar-refractivity contribution >= 4 is 5.91 Å². The van der Waals surface area contributed by atoms with Crippen molar-refractivity contribution in [3.63, 3.8) is 0 Å². The number of aryl methyl sites for hydroxylation is 1. The first kappa shape index (κ1) is 19.3. The van der Waals surface area contributed by atoms with Gasteiger partial charge in [0, 0.05) is 0 Å². The zero-order valence-electron chi connectivity index (χ0n) is 16.5. The Kier molecular flexibility index (Phi) is 6.38. The van der Waals surface area contributed by atoms with E-state index < -0.39 is 6.10 Å². The molecule has 27 heavy (non-hydrogen) atoms. The van der Waals surface area contributed by atoms with Crippen LogP contribution in [0.15, 0.2) is 42.5 Å². The van der Waals surface area contributed by atoms with Crippen molar-refractivity contribution in [2.45, 2.75) is 58.1 Å². The van der Waals surface area contributed by atoms with Crippen molar-refractivity contribution in [1.82, 2.24) is 5.32 Å². The standard InChI is InChI=1S/C23H29NO3/c1-4-21(18-12-14-19(26-3)15-13-18)24-23(25)16(2)27-22-11-7-9-17-8-5-6-10-20(17)22/h7,9,11-16,21H,4-6,8,10H2,1-3H3,(H,24,25)/t16-,21-/m0/s1. The SMILES string of the molecule is CC[C@H](NC(=O)[C@H](C)Oc1cccc2c1CCCC2)c1ccc(OC)cc1. The van der Waals surface area contributed by atoms with Gasteiger partial charge in [0.1, 0.15) is 11.5 Å². The summed E-state index contributed by atoms with van der Waals surface area (Å²) < 4.78 is 11.3. The minimum absolute atomic E-state index is 0.0425. The molecule has 0 fully saturated rings. The first-order chi connectivity index (χ1) is 13.1. The molecule has 0 radical (unpaired) electrons. The predicted molar refractivity (Wildman–Crippen MR) is 107 cm³/mol. The second-order valence-electron chi connectivity index (χ2n) is 7.10. The van der Waals surface area contributed by atoms with Crippen molar-refractivity contribution in [2.24, 2.45) is 0 Å².